The number of carboxylic acids is 1. The summed E-state index contributed by atoms with van der Waals surface area (Å²) in [6.45, 7) is 2.23. The lowest BCUT2D eigenvalue weighted by Crippen LogP contribution is -2.29. The molecule has 0 bridgehead atoms. The molecule has 100 valence electrons. The first kappa shape index (κ1) is 15.2. The summed E-state index contributed by atoms with van der Waals surface area (Å²) in [5, 5.41) is 13.3. The molecule has 0 fully saturated rings. The van der Waals surface area contributed by atoms with Gasteiger partial charge in [0, 0.05) is 34.1 Å². The van der Waals surface area contributed by atoms with E-state index in [2.05, 4.69) is 21.2 Å². The minimum Gasteiger partial charge on any atom is -0.481 e. The van der Waals surface area contributed by atoms with Crippen molar-refractivity contribution in [2.45, 2.75) is 26.2 Å². The van der Waals surface area contributed by atoms with Gasteiger partial charge in [-0.1, -0.05) is 6.92 Å². The van der Waals surface area contributed by atoms with Crippen molar-refractivity contribution in [3.8, 4) is 0 Å². The molecule has 0 aromatic carbocycles. The average molecular weight is 334 g/mol. The Hall–Kier alpha value is -0.880. The van der Waals surface area contributed by atoms with E-state index < -0.39 is 5.97 Å². The lowest BCUT2D eigenvalue weighted by Gasteiger charge is -2.09. The number of carboxylic acid groups (broad SMARTS) is 1. The largest absolute Gasteiger partial charge is 0.481 e. The van der Waals surface area contributed by atoms with Gasteiger partial charge >= 0.3 is 5.97 Å². The number of nitrogens with one attached hydrogen (secondary N) is 1. The van der Waals surface area contributed by atoms with E-state index in [1.807, 2.05) is 18.4 Å². The van der Waals surface area contributed by atoms with Gasteiger partial charge in [0.05, 0.1) is 0 Å². The molecule has 0 saturated heterocycles. The molecular weight excluding hydrogens is 318 g/mol. The molecule has 1 atom stereocenters. The number of halogens is 1. The first-order valence-corrected chi connectivity index (χ1v) is 7.36. The summed E-state index contributed by atoms with van der Waals surface area (Å²) >= 11 is 4.99. The zero-order valence-corrected chi connectivity index (χ0v) is 12.5. The van der Waals surface area contributed by atoms with Crippen molar-refractivity contribution in [3.05, 3.63) is 20.8 Å². The van der Waals surface area contributed by atoms with Crippen LogP contribution in [0.25, 0.3) is 0 Å². The SMILES string of the molecule is CC(CNC(=O)CCc1cc(Br)cs1)CC(=O)O. The molecule has 1 unspecified atom stereocenters. The predicted octanol–water partition coefficient (Wildman–Crippen LogP) is 2.67. The molecule has 0 saturated carbocycles. The van der Waals surface area contributed by atoms with Crippen molar-refractivity contribution in [1.29, 1.82) is 0 Å². The fraction of sp³-hybridized carbons (Fsp3) is 0.500. The van der Waals surface area contributed by atoms with E-state index in [9.17, 15) is 9.59 Å². The van der Waals surface area contributed by atoms with Crippen LogP contribution in [0.15, 0.2) is 15.9 Å². The first-order chi connectivity index (χ1) is 8.47. The normalized spacial score (nSPS) is 12.1. The van der Waals surface area contributed by atoms with E-state index in [1.54, 1.807) is 11.3 Å². The molecular formula is C12H16BrNO3S. The highest BCUT2D eigenvalue weighted by molar-refractivity contribution is 9.10. The monoisotopic (exact) mass is 333 g/mol. The molecule has 0 radical (unpaired) electrons. The van der Waals surface area contributed by atoms with Gasteiger partial charge in [-0.15, -0.1) is 11.3 Å². The lowest BCUT2D eigenvalue weighted by molar-refractivity contribution is -0.138. The van der Waals surface area contributed by atoms with Gasteiger partial charge < -0.3 is 10.4 Å². The molecule has 1 heterocycles. The van der Waals surface area contributed by atoms with Crippen molar-refractivity contribution in [3.63, 3.8) is 0 Å². The highest BCUT2D eigenvalue weighted by Gasteiger charge is 2.09. The summed E-state index contributed by atoms with van der Waals surface area (Å²) in [5.74, 6) is -0.903. The summed E-state index contributed by atoms with van der Waals surface area (Å²) < 4.78 is 1.04. The third-order valence-electron chi connectivity index (χ3n) is 2.39. The van der Waals surface area contributed by atoms with Crippen LogP contribution < -0.4 is 5.32 Å². The van der Waals surface area contributed by atoms with Crippen LogP contribution in [-0.4, -0.2) is 23.5 Å². The summed E-state index contributed by atoms with van der Waals surface area (Å²) in [6.07, 6.45) is 1.24. The smallest absolute Gasteiger partial charge is 0.303 e. The summed E-state index contributed by atoms with van der Waals surface area (Å²) in [6, 6.07) is 2.00. The Morgan fingerprint density at radius 1 is 1.56 bits per heavy atom. The number of rotatable bonds is 7. The Kier molecular flexibility index (Phi) is 6.35. The van der Waals surface area contributed by atoms with Gasteiger partial charge in [-0.2, -0.15) is 0 Å². The Labute approximate surface area is 119 Å². The Bertz CT molecular complexity index is 419. The molecule has 1 rings (SSSR count). The van der Waals surface area contributed by atoms with Gasteiger partial charge in [0.15, 0.2) is 0 Å². The van der Waals surface area contributed by atoms with E-state index in [-0.39, 0.29) is 18.2 Å². The number of aryl methyl sites for hydroxylation is 1. The number of carbonyl (C=O) groups excluding carboxylic acids is 1. The fourth-order valence-corrected chi connectivity index (χ4v) is 2.92. The second-order valence-electron chi connectivity index (χ2n) is 4.24. The quantitative estimate of drug-likeness (QED) is 0.806. The predicted molar refractivity (Wildman–Crippen MR) is 74.8 cm³/mol. The van der Waals surface area contributed by atoms with Gasteiger partial charge in [0.1, 0.15) is 0 Å². The van der Waals surface area contributed by atoms with Crippen LogP contribution in [0, 0.1) is 5.92 Å². The minimum absolute atomic E-state index is 0.0308. The molecule has 0 aliphatic rings. The van der Waals surface area contributed by atoms with Crippen LogP contribution in [0.2, 0.25) is 0 Å². The second-order valence-corrected chi connectivity index (χ2v) is 6.15. The third-order valence-corrected chi connectivity index (χ3v) is 4.15. The Morgan fingerprint density at radius 3 is 2.83 bits per heavy atom. The van der Waals surface area contributed by atoms with Gasteiger partial charge in [0.25, 0.3) is 0 Å². The van der Waals surface area contributed by atoms with Crippen LogP contribution in [0.1, 0.15) is 24.6 Å². The Morgan fingerprint density at radius 2 is 2.28 bits per heavy atom. The molecule has 18 heavy (non-hydrogen) atoms. The molecule has 1 aromatic heterocycles. The number of aliphatic carboxylic acids is 1. The lowest BCUT2D eigenvalue weighted by atomic mass is 10.1. The molecule has 4 nitrogen and oxygen atoms in total. The van der Waals surface area contributed by atoms with E-state index in [0.717, 1.165) is 15.8 Å². The van der Waals surface area contributed by atoms with E-state index >= 15 is 0 Å². The maximum absolute atomic E-state index is 11.5. The third kappa shape index (κ3) is 6.16. The van der Waals surface area contributed by atoms with E-state index in [0.29, 0.717) is 13.0 Å². The Balaban J connectivity index is 2.19. The highest BCUT2D eigenvalue weighted by atomic mass is 79.9. The summed E-state index contributed by atoms with van der Waals surface area (Å²) in [5.41, 5.74) is 0. The second kappa shape index (κ2) is 7.53. The molecule has 0 aliphatic heterocycles. The molecule has 1 amide bonds. The van der Waals surface area contributed by atoms with Gasteiger partial charge in [0.2, 0.25) is 5.91 Å². The first-order valence-electron chi connectivity index (χ1n) is 5.68. The fourth-order valence-electron chi connectivity index (χ4n) is 1.47. The highest BCUT2D eigenvalue weighted by Crippen LogP contribution is 2.20. The molecule has 6 heteroatoms. The van der Waals surface area contributed by atoms with Crippen molar-refractivity contribution in [2.75, 3.05) is 6.54 Å². The van der Waals surface area contributed by atoms with Crippen molar-refractivity contribution in [2.24, 2.45) is 5.92 Å². The number of thiophene rings is 1. The van der Waals surface area contributed by atoms with Crippen molar-refractivity contribution < 1.29 is 14.7 Å². The molecule has 0 aliphatic carbocycles. The van der Waals surface area contributed by atoms with Crippen LogP contribution in [0.5, 0.6) is 0 Å². The zero-order chi connectivity index (χ0) is 13.5. The minimum atomic E-state index is -0.833. The van der Waals surface area contributed by atoms with E-state index in [1.165, 1.54) is 0 Å². The van der Waals surface area contributed by atoms with Crippen LogP contribution >= 0.6 is 27.3 Å². The van der Waals surface area contributed by atoms with Gasteiger partial charge in [-0.3, -0.25) is 9.59 Å². The number of hydrogen-bond acceptors (Lipinski definition) is 3. The number of hydrogen-bond donors (Lipinski definition) is 2. The summed E-state index contributed by atoms with van der Waals surface area (Å²) in [4.78, 5) is 23.2. The topological polar surface area (TPSA) is 66.4 Å². The van der Waals surface area contributed by atoms with Gasteiger partial charge in [-0.25, -0.2) is 0 Å². The van der Waals surface area contributed by atoms with Crippen molar-refractivity contribution in [1.82, 2.24) is 5.32 Å². The van der Waals surface area contributed by atoms with Crippen molar-refractivity contribution >= 4 is 39.1 Å². The molecule has 0 spiro atoms. The summed E-state index contributed by atoms with van der Waals surface area (Å²) in [7, 11) is 0. The van der Waals surface area contributed by atoms with Crippen LogP contribution in [0.4, 0.5) is 0 Å². The maximum atomic E-state index is 11.5. The standard InChI is InChI=1S/C12H16BrNO3S/c1-8(4-12(16)17)6-14-11(15)3-2-10-5-9(13)7-18-10/h5,7-8H,2-4,6H2,1H3,(H,14,15)(H,16,17). The number of amides is 1. The average Bonchev–Trinajstić information content (AvgIpc) is 2.69. The van der Waals surface area contributed by atoms with E-state index in [4.69, 9.17) is 5.11 Å². The van der Waals surface area contributed by atoms with Crippen LogP contribution in [0.3, 0.4) is 0 Å². The number of carbonyl (C=O) groups is 2. The van der Waals surface area contributed by atoms with Crippen LogP contribution in [-0.2, 0) is 16.0 Å². The maximum Gasteiger partial charge on any atom is 0.303 e. The van der Waals surface area contributed by atoms with Gasteiger partial charge in [-0.05, 0) is 34.3 Å². The molecule has 1 aromatic rings. The molecule has 2 N–H and O–H groups in total. The zero-order valence-electron chi connectivity index (χ0n) is 10.1.